The highest BCUT2D eigenvalue weighted by Crippen LogP contribution is 2.53. The van der Waals surface area contributed by atoms with Gasteiger partial charge in [-0.05, 0) is 48.3 Å². The topological polar surface area (TPSA) is 59.1 Å². The summed E-state index contributed by atoms with van der Waals surface area (Å²) in [7, 11) is 1.65. The highest BCUT2D eigenvalue weighted by Gasteiger charge is 2.50. The van der Waals surface area contributed by atoms with E-state index in [4.69, 9.17) is 9.47 Å². The molecule has 3 fully saturated rings. The predicted octanol–water partition coefficient (Wildman–Crippen LogP) is 2.51. The number of rotatable bonds is 6. The van der Waals surface area contributed by atoms with Crippen molar-refractivity contribution in [3.63, 3.8) is 0 Å². The summed E-state index contributed by atoms with van der Waals surface area (Å²) in [6.07, 6.45) is 5.54. The first-order valence-electron chi connectivity index (χ1n) is 10.9. The molecule has 0 N–H and O–H groups in total. The predicted molar refractivity (Wildman–Crippen MR) is 110 cm³/mol. The van der Waals surface area contributed by atoms with E-state index in [1.54, 1.807) is 7.11 Å². The van der Waals surface area contributed by atoms with Gasteiger partial charge in [-0.2, -0.15) is 0 Å². The molecule has 4 rings (SSSR count). The van der Waals surface area contributed by atoms with E-state index in [9.17, 15) is 9.59 Å². The van der Waals surface area contributed by atoms with Crippen molar-refractivity contribution in [1.29, 1.82) is 0 Å². The van der Waals surface area contributed by atoms with Gasteiger partial charge >= 0.3 is 0 Å². The van der Waals surface area contributed by atoms with Crippen molar-refractivity contribution in [2.24, 2.45) is 11.3 Å². The van der Waals surface area contributed by atoms with Crippen LogP contribution in [0.25, 0.3) is 0 Å². The van der Waals surface area contributed by atoms with Gasteiger partial charge in [0.1, 0.15) is 5.75 Å². The molecule has 1 unspecified atom stereocenters. The Hall–Kier alpha value is -2.08. The lowest BCUT2D eigenvalue weighted by atomic mass is 9.62. The van der Waals surface area contributed by atoms with E-state index in [1.807, 2.05) is 34.1 Å². The molecule has 2 heterocycles. The van der Waals surface area contributed by atoms with Crippen LogP contribution < -0.4 is 4.74 Å². The van der Waals surface area contributed by atoms with Crippen molar-refractivity contribution in [2.45, 2.75) is 38.5 Å². The number of carbonyl (C=O) groups excluding carboxylic acids is 2. The molecule has 6 heteroatoms. The molecule has 1 aromatic rings. The van der Waals surface area contributed by atoms with Gasteiger partial charge in [0.05, 0.1) is 26.7 Å². The number of likely N-dealkylation sites (tertiary alicyclic amines) is 1. The Balaban J connectivity index is 1.33. The Morgan fingerprint density at radius 2 is 1.83 bits per heavy atom. The van der Waals surface area contributed by atoms with Gasteiger partial charge in [-0.15, -0.1) is 0 Å². The van der Waals surface area contributed by atoms with Crippen LogP contribution in [-0.2, 0) is 20.7 Å². The molecule has 1 aliphatic carbocycles. The standard InChI is InChI=1S/C23H32N2O4/c1-28-20-6-3-18(4-7-20)15-22(27)25-16-19(23(17-25)9-2-10-23)5-8-21(26)24-11-13-29-14-12-24/h3-4,6-7,19H,2,5,8-17H2,1H3. The normalized spacial score (nSPS) is 23.1. The Labute approximate surface area is 173 Å². The molecule has 6 nitrogen and oxygen atoms in total. The van der Waals surface area contributed by atoms with E-state index in [0.717, 1.165) is 30.8 Å². The molecule has 0 aromatic heterocycles. The van der Waals surface area contributed by atoms with Crippen LogP contribution in [0.5, 0.6) is 5.75 Å². The lowest BCUT2D eigenvalue weighted by Gasteiger charge is -2.43. The quantitative estimate of drug-likeness (QED) is 0.736. The van der Waals surface area contributed by atoms with Crippen molar-refractivity contribution < 1.29 is 19.1 Å². The molecule has 2 amide bonds. The maximum atomic E-state index is 12.9. The fraction of sp³-hybridized carbons (Fsp3) is 0.652. The van der Waals surface area contributed by atoms with Gasteiger partial charge in [0.15, 0.2) is 0 Å². The molecular formula is C23H32N2O4. The number of hydrogen-bond donors (Lipinski definition) is 0. The summed E-state index contributed by atoms with van der Waals surface area (Å²) in [5, 5.41) is 0. The second kappa shape index (κ2) is 8.74. The third-order valence-corrected chi connectivity index (χ3v) is 7.10. The van der Waals surface area contributed by atoms with Crippen molar-refractivity contribution in [1.82, 2.24) is 9.80 Å². The van der Waals surface area contributed by atoms with Crippen molar-refractivity contribution in [3.8, 4) is 5.75 Å². The van der Waals surface area contributed by atoms with Crippen molar-refractivity contribution in [3.05, 3.63) is 29.8 Å². The number of carbonyl (C=O) groups is 2. The Morgan fingerprint density at radius 1 is 1.10 bits per heavy atom. The van der Waals surface area contributed by atoms with E-state index in [1.165, 1.54) is 19.3 Å². The molecule has 158 valence electrons. The number of ether oxygens (including phenoxy) is 2. The van der Waals surface area contributed by atoms with E-state index in [0.29, 0.717) is 45.1 Å². The largest absolute Gasteiger partial charge is 0.497 e. The SMILES string of the molecule is COc1ccc(CC(=O)N2CC(CCC(=O)N3CCOCC3)C3(CCC3)C2)cc1. The monoisotopic (exact) mass is 400 g/mol. The Kier molecular flexibility index (Phi) is 6.09. The van der Waals surface area contributed by atoms with Crippen LogP contribution in [0.1, 0.15) is 37.7 Å². The second-order valence-corrected chi connectivity index (χ2v) is 8.74. The maximum Gasteiger partial charge on any atom is 0.227 e. The first-order chi connectivity index (χ1) is 14.1. The van der Waals surface area contributed by atoms with Gasteiger partial charge in [0, 0.05) is 32.6 Å². The molecule has 0 radical (unpaired) electrons. The summed E-state index contributed by atoms with van der Waals surface area (Å²) in [6.45, 7) is 4.37. The summed E-state index contributed by atoms with van der Waals surface area (Å²) in [6, 6.07) is 7.73. The van der Waals surface area contributed by atoms with Gasteiger partial charge in [-0.25, -0.2) is 0 Å². The zero-order valence-electron chi connectivity index (χ0n) is 17.4. The number of hydrogen-bond acceptors (Lipinski definition) is 4. The maximum absolute atomic E-state index is 12.9. The lowest BCUT2D eigenvalue weighted by Crippen LogP contribution is -2.42. The summed E-state index contributed by atoms with van der Waals surface area (Å²) in [5.74, 6) is 1.69. The van der Waals surface area contributed by atoms with E-state index in [2.05, 4.69) is 0 Å². The number of nitrogens with zero attached hydrogens (tertiary/aromatic N) is 2. The molecule has 2 aliphatic heterocycles. The second-order valence-electron chi connectivity index (χ2n) is 8.74. The summed E-state index contributed by atoms with van der Waals surface area (Å²) in [5.41, 5.74) is 1.27. The number of benzene rings is 1. The van der Waals surface area contributed by atoms with Gasteiger partial charge in [0.2, 0.25) is 11.8 Å². The molecule has 3 aliphatic rings. The smallest absolute Gasteiger partial charge is 0.227 e. The molecule has 29 heavy (non-hydrogen) atoms. The molecule has 1 saturated carbocycles. The van der Waals surface area contributed by atoms with Gasteiger partial charge < -0.3 is 19.3 Å². The molecule has 1 aromatic carbocycles. The lowest BCUT2D eigenvalue weighted by molar-refractivity contribution is -0.135. The molecule has 1 spiro atoms. The van der Waals surface area contributed by atoms with Crippen LogP contribution >= 0.6 is 0 Å². The minimum absolute atomic E-state index is 0.198. The minimum atomic E-state index is 0.198. The van der Waals surface area contributed by atoms with E-state index < -0.39 is 0 Å². The van der Waals surface area contributed by atoms with Crippen LogP contribution in [-0.4, -0.2) is 68.1 Å². The minimum Gasteiger partial charge on any atom is -0.497 e. The highest BCUT2D eigenvalue weighted by molar-refractivity contribution is 5.79. The number of methoxy groups -OCH3 is 1. The van der Waals surface area contributed by atoms with Crippen LogP contribution in [0.4, 0.5) is 0 Å². The average Bonchev–Trinajstić information content (AvgIpc) is 3.14. The van der Waals surface area contributed by atoms with Crippen molar-refractivity contribution in [2.75, 3.05) is 46.5 Å². The van der Waals surface area contributed by atoms with Crippen LogP contribution in [0, 0.1) is 11.3 Å². The third kappa shape index (κ3) is 4.42. The summed E-state index contributed by atoms with van der Waals surface area (Å²) in [4.78, 5) is 29.5. The third-order valence-electron chi connectivity index (χ3n) is 7.10. The van der Waals surface area contributed by atoms with E-state index in [-0.39, 0.29) is 17.2 Å². The fourth-order valence-corrected chi connectivity index (χ4v) is 5.12. The van der Waals surface area contributed by atoms with Crippen molar-refractivity contribution >= 4 is 11.8 Å². The van der Waals surface area contributed by atoms with Crippen LogP contribution in [0.2, 0.25) is 0 Å². The molecule has 2 saturated heterocycles. The summed E-state index contributed by atoms with van der Waals surface area (Å²) < 4.78 is 10.5. The highest BCUT2D eigenvalue weighted by atomic mass is 16.5. The van der Waals surface area contributed by atoms with E-state index >= 15 is 0 Å². The van der Waals surface area contributed by atoms with Crippen LogP contribution in [0.3, 0.4) is 0 Å². The number of amides is 2. The Morgan fingerprint density at radius 3 is 2.45 bits per heavy atom. The average molecular weight is 401 g/mol. The van der Waals surface area contributed by atoms with Crippen LogP contribution in [0.15, 0.2) is 24.3 Å². The molecular weight excluding hydrogens is 368 g/mol. The molecule has 0 bridgehead atoms. The number of morpholine rings is 1. The zero-order valence-corrected chi connectivity index (χ0v) is 17.4. The zero-order chi connectivity index (χ0) is 20.3. The van der Waals surface area contributed by atoms with Gasteiger partial charge in [-0.3, -0.25) is 9.59 Å². The molecule has 1 atom stereocenters. The fourth-order valence-electron chi connectivity index (χ4n) is 5.12. The van der Waals surface area contributed by atoms with Gasteiger partial charge in [-0.1, -0.05) is 18.6 Å². The van der Waals surface area contributed by atoms with Gasteiger partial charge in [0.25, 0.3) is 0 Å². The first kappa shape index (κ1) is 20.2. The first-order valence-corrected chi connectivity index (χ1v) is 10.9. The summed E-state index contributed by atoms with van der Waals surface area (Å²) >= 11 is 0. The Bertz CT molecular complexity index is 723.